The molecule has 0 heterocycles. The first-order chi connectivity index (χ1) is 8.77. The van der Waals surface area contributed by atoms with Crippen molar-refractivity contribution in [2.45, 2.75) is 45.4 Å². The monoisotopic (exact) mass is 248 g/mol. The molecule has 0 saturated heterocycles. The maximum Gasteiger partial charge on any atom is 0.303 e. The van der Waals surface area contributed by atoms with Gasteiger partial charge >= 0.3 is 5.97 Å². The van der Waals surface area contributed by atoms with Gasteiger partial charge < -0.3 is 5.11 Å². The van der Waals surface area contributed by atoms with Gasteiger partial charge in [-0.05, 0) is 25.7 Å². The number of hydrogen-bond acceptors (Lipinski definition) is 1. The zero-order chi connectivity index (χ0) is 13.5. The summed E-state index contributed by atoms with van der Waals surface area (Å²) < 4.78 is 0. The fraction of sp³-hybridized carbons (Fsp3) is 0.438. The van der Waals surface area contributed by atoms with E-state index in [1.54, 1.807) is 0 Å². The van der Waals surface area contributed by atoms with Crippen molar-refractivity contribution < 1.29 is 9.90 Å². The Kier molecular flexibility index (Phi) is 12.3. The summed E-state index contributed by atoms with van der Waals surface area (Å²) in [6.07, 6.45) is 21.5. The Labute approximate surface area is 110 Å². The molecule has 0 aromatic heterocycles. The van der Waals surface area contributed by atoms with Gasteiger partial charge in [-0.15, -0.1) is 0 Å². The van der Waals surface area contributed by atoms with Crippen LogP contribution in [0.25, 0.3) is 0 Å². The van der Waals surface area contributed by atoms with Gasteiger partial charge in [-0.1, -0.05) is 62.0 Å². The smallest absolute Gasteiger partial charge is 0.303 e. The van der Waals surface area contributed by atoms with E-state index in [1.165, 1.54) is 0 Å². The van der Waals surface area contributed by atoms with Crippen LogP contribution in [-0.2, 0) is 4.79 Å². The van der Waals surface area contributed by atoms with Crippen LogP contribution in [0.1, 0.15) is 45.4 Å². The normalized spacial score (nSPS) is 12.5. The molecule has 18 heavy (non-hydrogen) atoms. The highest BCUT2D eigenvalue weighted by Gasteiger charge is 1.94. The van der Waals surface area contributed by atoms with Crippen molar-refractivity contribution in [1.82, 2.24) is 0 Å². The molecule has 0 unspecified atom stereocenters. The lowest BCUT2D eigenvalue weighted by molar-refractivity contribution is -0.137. The van der Waals surface area contributed by atoms with Crippen molar-refractivity contribution in [1.29, 1.82) is 0 Å². The minimum absolute atomic E-state index is 0.291. The molecule has 0 saturated carbocycles. The van der Waals surface area contributed by atoms with E-state index in [9.17, 15) is 4.79 Å². The van der Waals surface area contributed by atoms with Crippen molar-refractivity contribution in [3.63, 3.8) is 0 Å². The van der Waals surface area contributed by atoms with Crippen LogP contribution in [0.4, 0.5) is 0 Å². The molecule has 0 atom stereocenters. The topological polar surface area (TPSA) is 37.3 Å². The van der Waals surface area contributed by atoms with Crippen LogP contribution < -0.4 is 0 Å². The molecule has 0 spiro atoms. The summed E-state index contributed by atoms with van der Waals surface area (Å²) in [5.41, 5.74) is 0. The lowest BCUT2D eigenvalue weighted by Crippen LogP contribution is -1.93. The fourth-order valence-electron chi connectivity index (χ4n) is 1.36. The van der Waals surface area contributed by atoms with Gasteiger partial charge in [0, 0.05) is 6.42 Å². The summed E-state index contributed by atoms with van der Waals surface area (Å²) in [4.78, 5) is 10.3. The average Bonchev–Trinajstić information content (AvgIpc) is 2.34. The van der Waals surface area contributed by atoms with Gasteiger partial charge in [-0.25, -0.2) is 0 Å². The first-order valence-corrected chi connectivity index (χ1v) is 6.64. The van der Waals surface area contributed by atoms with E-state index in [1.807, 2.05) is 36.5 Å². The van der Waals surface area contributed by atoms with E-state index in [-0.39, 0.29) is 0 Å². The van der Waals surface area contributed by atoms with E-state index in [4.69, 9.17) is 5.11 Å². The molecular formula is C16H24O2. The number of allylic oxidation sites excluding steroid dienone is 8. The molecule has 2 nitrogen and oxygen atoms in total. The van der Waals surface area contributed by atoms with Gasteiger partial charge in [-0.3, -0.25) is 4.79 Å². The molecule has 0 rings (SSSR count). The molecule has 0 aliphatic rings. The molecule has 0 aromatic carbocycles. The Balaban J connectivity index is 3.42. The molecule has 100 valence electrons. The predicted molar refractivity (Wildman–Crippen MR) is 77.6 cm³/mol. The molecule has 0 aliphatic carbocycles. The van der Waals surface area contributed by atoms with Gasteiger partial charge in [0.2, 0.25) is 0 Å². The van der Waals surface area contributed by atoms with Crippen LogP contribution in [0.3, 0.4) is 0 Å². The van der Waals surface area contributed by atoms with Crippen LogP contribution in [0.15, 0.2) is 48.6 Å². The van der Waals surface area contributed by atoms with Gasteiger partial charge in [0.1, 0.15) is 0 Å². The van der Waals surface area contributed by atoms with Gasteiger partial charge in [0.05, 0.1) is 0 Å². The predicted octanol–water partition coefficient (Wildman–Crippen LogP) is 4.66. The largest absolute Gasteiger partial charge is 0.481 e. The Bertz CT molecular complexity index is 309. The molecule has 2 heteroatoms. The van der Waals surface area contributed by atoms with E-state index in [0.29, 0.717) is 6.42 Å². The van der Waals surface area contributed by atoms with Gasteiger partial charge in [0.25, 0.3) is 0 Å². The van der Waals surface area contributed by atoms with Crippen molar-refractivity contribution in [2.24, 2.45) is 0 Å². The van der Waals surface area contributed by atoms with E-state index >= 15 is 0 Å². The number of unbranched alkanes of at least 4 members (excludes halogenated alkanes) is 3. The van der Waals surface area contributed by atoms with E-state index < -0.39 is 5.97 Å². The Hall–Kier alpha value is -1.57. The standard InChI is InChI=1S/C16H24O2/c1-2-3-4-5-6-7-8-9-10-11-12-13-14-15-16(17)18/h3-10H,2,11-15H2,1H3,(H,17,18)/b4-3-,6-5+,8-7-,10-9+. The van der Waals surface area contributed by atoms with E-state index in [2.05, 4.69) is 19.1 Å². The van der Waals surface area contributed by atoms with Crippen LogP contribution in [-0.4, -0.2) is 11.1 Å². The highest BCUT2D eigenvalue weighted by Crippen LogP contribution is 2.03. The summed E-state index contributed by atoms with van der Waals surface area (Å²) in [6, 6.07) is 0. The summed E-state index contributed by atoms with van der Waals surface area (Å²) in [5.74, 6) is -0.697. The number of rotatable bonds is 10. The zero-order valence-corrected chi connectivity index (χ0v) is 11.2. The number of hydrogen-bond donors (Lipinski definition) is 1. The third kappa shape index (κ3) is 14.4. The Morgan fingerprint density at radius 2 is 1.50 bits per heavy atom. The SMILES string of the molecule is CC\C=C/C=C/C=C\C=C\CCCCCC(=O)O. The first-order valence-electron chi connectivity index (χ1n) is 6.64. The summed E-state index contributed by atoms with van der Waals surface area (Å²) in [5, 5.41) is 8.46. The second kappa shape index (κ2) is 13.5. The average molecular weight is 248 g/mol. The van der Waals surface area contributed by atoms with E-state index in [0.717, 1.165) is 32.1 Å². The number of carboxylic acid groups (broad SMARTS) is 1. The Morgan fingerprint density at radius 1 is 0.889 bits per heavy atom. The van der Waals surface area contributed by atoms with Crippen LogP contribution >= 0.6 is 0 Å². The lowest BCUT2D eigenvalue weighted by Gasteiger charge is -1.94. The second-order valence-electron chi connectivity index (χ2n) is 4.03. The molecule has 0 fully saturated rings. The summed E-state index contributed by atoms with van der Waals surface area (Å²) in [7, 11) is 0. The maximum absolute atomic E-state index is 10.3. The molecule has 0 radical (unpaired) electrons. The first kappa shape index (κ1) is 16.4. The van der Waals surface area contributed by atoms with Crippen LogP contribution in [0, 0.1) is 0 Å². The van der Waals surface area contributed by atoms with Crippen molar-refractivity contribution in [3.05, 3.63) is 48.6 Å². The van der Waals surface area contributed by atoms with Crippen molar-refractivity contribution in [2.75, 3.05) is 0 Å². The third-order valence-electron chi connectivity index (χ3n) is 2.32. The van der Waals surface area contributed by atoms with Crippen molar-refractivity contribution >= 4 is 5.97 Å². The molecule has 0 amide bonds. The zero-order valence-electron chi connectivity index (χ0n) is 11.2. The lowest BCUT2D eigenvalue weighted by atomic mass is 10.1. The van der Waals surface area contributed by atoms with Gasteiger partial charge in [0.15, 0.2) is 0 Å². The van der Waals surface area contributed by atoms with Crippen molar-refractivity contribution in [3.8, 4) is 0 Å². The Morgan fingerprint density at radius 3 is 2.11 bits per heavy atom. The summed E-state index contributed by atoms with van der Waals surface area (Å²) >= 11 is 0. The van der Waals surface area contributed by atoms with Crippen LogP contribution in [0.5, 0.6) is 0 Å². The van der Waals surface area contributed by atoms with Gasteiger partial charge in [-0.2, -0.15) is 0 Å². The fourth-order valence-corrected chi connectivity index (χ4v) is 1.36. The minimum Gasteiger partial charge on any atom is -0.481 e. The quantitative estimate of drug-likeness (QED) is 0.451. The van der Waals surface area contributed by atoms with Crippen LogP contribution in [0.2, 0.25) is 0 Å². The highest BCUT2D eigenvalue weighted by molar-refractivity contribution is 5.66. The number of carboxylic acids is 1. The molecule has 0 aliphatic heterocycles. The summed E-state index contributed by atoms with van der Waals surface area (Å²) in [6.45, 7) is 2.11. The highest BCUT2D eigenvalue weighted by atomic mass is 16.4. The number of carbonyl (C=O) groups is 1. The number of aliphatic carboxylic acids is 1. The second-order valence-corrected chi connectivity index (χ2v) is 4.03. The third-order valence-corrected chi connectivity index (χ3v) is 2.32. The molecular weight excluding hydrogens is 224 g/mol. The minimum atomic E-state index is -0.697. The molecule has 0 bridgehead atoms. The molecule has 0 aromatic rings. The molecule has 1 N–H and O–H groups in total. The maximum atomic E-state index is 10.3.